The number of ether oxygens (including phenoxy) is 3. The first-order chi connectivity index (χ1) is 10.8. The molecule has 0 bridgehead atoms. The van der Waals surface area contributed by atoms with Crippen molar-refractivity contribution >= 4 is 0 Å². The maximum atomic E-state index is 13.3. The molecule has 2 rings (SSSR count). The van der Waals surface area contributed by atoms with Gasteiger partial charge in [0.15, 0.2) is 6.29 Å². The van der Waals surface area contributed by atoms with E-state index in [0.717, 1.165) is 0 Å². The molecule has 7 N–H and O–H groups in total. The summed E-state index contributed by atoms with van der Waals surface area (Å²) in [4.78, 5) is 0. The first-order valence-electron chi connectivity index (χ1n) is 7.03. The first-order valence-corrected chi connectivity index (χ1v) is 7.03. The zero-order chi connectivity index (χ0) is 17.3. The SMILES string of the molecule is OC[C@H]1O[C@H](OC[C@H]2O[C@H](F)[C@H](O)[C@@H](O)[C@H]2O)[C@H](O)[C@@H](O)[C@H]1O. The van der Waals surface area contributed by atoms with E-state index in [1.807, 2.05) is 0 Å². The Morgan fingerprint density at radius 2 is 1.30 bits per heavy atom. The Balaban J connectivity index is 1.94. The molecule has 10 atom stereocenters. The van der Waals surface area contributed by atoms with E-state index < -0.39 is 74.7 Å². The minimum absolute atomic E-state index is 0.548. The van der Waals surface area contributed by atoms with Crippen LogP contribution in [-0.4, -0.2) is 110 Å². The van der Waals surface area contributed by atoms with Crippen LogP contribution in [0.4, 0.5) is 4.39 Å². The van der Waals surface area contributed by atoms with Gasteiger partial charge in [-0.3, -0.25) is 0 Å². The Hall–Kier alpha value is -0.470. The number of hydrogen-bond donors (Lipinski definition) is 7. The van der Waals surface area contributed by atoms with Crippen LogP contribution in [0.3, 0.4) is 0 Å². The molecule has 136 valence electrons. The second-order valence-corrected chi connectivity index (χ2v) is 5.53. The summed E-state index contributed by atoms with van der Waals surface area (Å²) in [6, 6.07) is 0. The minimum atomic E-state index is -2.24. The van der Waals surface area contributed by atoms with E-state index >= 15 is 0 Å². The van der Waals surface area contributed by atoms with Crippen molar-refractivity contribution < 1.29 is 54.3 Å². The van der Waals surface area contributed by atoms with Gasteiger partial charge in [0.25, 0.3) is 0 Å². The van der Waals surface area contributed by atoms with Gasteiger partial charge in [-0.25, -0.2) is 4.39 Å². The monoisotopic (exact) mass is 344 g/mol. The second kappa shape index (κ2) is 7.61. The molecule has 2 aliphatic heterocycles. The first kappa shape index (κ1) is 18.9. The minimum Gasteiger partial charge on any atom is -0.394 e. The predicted octanol–water partition coefficient (Wildman–Crippen LogP) is -4.42. The van der Waals surface area contributed by atoms with Crippen LogP contribution in [0, 0.1) is 0 Å². The molecular formula is C12H21FO10. The molecule has 10 nitrogen and oxygen atoms in total. The molecule has 0 aromatic heterocycles. The normalized spacial score (nSPS) is 51.7. The average molecular weight is 344 g/mol. The zero-order valence-corrected chi connectivity index (χ0v) is 11.9. The van der Waals surface area contributed by atoms with Crippen LogP contribution < -0.4 is 0 Å². The molecule has 0 saturated carbocycles. The topological polar surface area (TPSA) is 169 Å². The third-order valence-corrected chi connectivity index (χ3v) is 3.93. The van der Waals surface area contributed by atoms with Gasteiger partial charge in [0.05, 0.1) is 13.2 Å². The van der Waals surface area contributed by atoms with Crippen molar-refractivity contribution in [1.82, 2.24) is 0 Å². The lowest BCUT2D eigenvalue weighted by molar-refractivity contribution is -0.319. The zero-order valence-electron chi connectivity index (χ0n) is 11.9. The van der Waals surface area contributed by atoms with Gasteiger partial charge in [-0.1, -0.05) is 0 Å². The third-order valence-electron chi connectivity index (χ3n) is 3.93. The molecule has 0 radical (unpaired) electrons. The standard InChI is InChI=1S/C12H21FO10/c13-11-9(19)7(17)6(16)4(22-11)2-21-12-10(20)8(18)5(15)3(1-14)23-12/h3-12,14-20H,1-2H2/t3-,4-,5+,6+,7+,8+,9-,10-,11+,12+/m1/s1. The number of halogens is 1. The van der Waals surface area contributed by atoms with Crippen LogP contribution >= 0.6 is 0 Å². The molecule has 0 aromatic rings. The Bertz CT molecular complexity index is 385. The highest BCUT2D eigenvalue weighted by atomic mass is 19.1. The second-order valence-electron chi connectivity index (χ2n) is 5.53. The van der Waals surface area contributed by atoms with Crippen molar-refractivity contribution in [3.8, 4) is 0 Å². The van der Waals surface area contributed by atoms with Crippen molar-refractivity contribution in [3.05, 3.63) is 0 Å². The summed E-state index contributed by atoms with van der Waals surface area (Å²) in [5, 5.41) is 66.4. The lowest BCUT2D eigenvalue weighted by Gasteiger charge is -2.41. The van der Waals surface area contributed by atoms with Crippen LogP contribution in [0.15, 0.2) is 0 Å². The Morgan fingerprint density at radius 3 is 1.91 bits per heavy atom. The average Bonchev–Trinajstić information content (AvgIpc) is 2.54. The summed E-state index contributed by atoms with van der Waals surface area (Å²) in [5.41, 5.74) is 0. The summed E-state index contributed by atoms with van der Waals surface area (Å²) in [6.07, 6.45) is -16.5. The van der Waals surface area contributed by atoms with Gasteiger partial charge < -0.3 is 50.0 Å². The molecule has 2 fully saturated rings. The van der Waals surface area contributed by atoms with Crippen molar-refractivity contribution in [2.45, 2.75) is 61.5 Å². The van der Waals surface area contributed by atoms with Crippen LogP contribution in [0.5, 0.6) is 0 Å². The molecule has 0 unspecified atom stereocenters. The van der Waals surface area contributed by atoms with Gasteiger partial charge in [0.2, 0.25) is 6.36 Å². The van der Waals surface area contributed by atoms with Gasteiger partial charge in [0.1, 0.15) is 48.8 Å². The van der Waals surface area contributed by atoms with Gasteiger partial charge in [-0.05, 0) is 0 Å². The summed E-state index contributed by atoms with van der Waals surface area (Å²) in [7, 11) is 0. The van der Waals surface area contributed by atoms with Crippen LogP contribution in [0.2, 0.25) is 0 Å². The lowest BCUT2D eigenvalue weighted by atomic mass is 9.98. The summed E-state index contributed by atoms with van der Waals surface area (Å²) in [6.45, 7) is -1.20. The van der Waals surface area contributed by atoms with E-state index in [1.165, 1.54) is 0 Å². The Kier molecular flexibility index (Phi) is 6.24. The number of aliphatic hydroxyl groups is 7. The predicted molar refractivity (Wildman–Crippen MR) is 67.5 cm³/mol. The van der Waals surface area contributed by atoms with Crippen molar-refractivity contribution in [1.29, 1.82) is 0 Å². The highest BCUT2D eigenvalue weighted by molar-refractivity contribution is 4.91. The van der Waals surface area contributed by atoms with Crippen LogP contribution in [0.1, 0.15) is 0 Å². The molecule has 23 heavy (non-hydrogen) atoms. The molecule has 11 heteroatoms. The maximum Gasteiger partial charge on any atom is 0.228 e. The molecule has 0 aromatic carbocycles. The molecular weight excluding hydrogens is 323 g/mol. The van der Waals surface area contributed by atoms with Crippen molar-refractivity contribution in [2.75, 3.05) is 13.2 Å². The summed E-state index contributed by atoms with van der Waals surface area (Å²) >= 11 is 0. The molecule has 2 saturated heterocycles. The molecule has 2 aliphatic rings. The quantitative estimate of drug-likeness (QED) is 0.264. The summed E-state index contributed by atoms with van der Waals surface area (Å²) in [5.74, 6) is 0. The molecule has 0 aliphatic carbocycles. The van der Waals surface area contributed by atoms with Crippen molar-refractivity contribution in [3.63, 3.8) is 0 Å². The highest BCUT2D eigenvalue weighted by Crippen LogP contribution is 2.25. The Morgan fingerprint density at radius 1 is 0.739 bits per heavy atom. The highest BCUT2D eigenvalue weighted by Gasteiger charge is 2.47. The van der Waals surface area contributed by atoms with Gasteiger partial charge in [-0.15, -0.1) is 0 Å². The van der Waals surface area contributed by atoms with E-state index in [4.69, 9.17) is 14.6 Å². The largest absolute Gasteiger partial charge is 0.394 e. The Labute approximate surface area is 130 Å². The molecule has 0 spiro atoms. The van der Waals surface area contributed by atoms with Gasteiger partial charge in [-0.2, -0.15) is 0 Å². The van der Waals surface area contributed by atoms with E-state index in [2.05, 4.69) is 4.74 Å². The maximum absolute atomic E-state index is 13.3. The number of alkyl halides is 1. The fourth-order valence-electron chi connectivity index (χ4n) is 2.44. The fourth-order valence-corrected chi connectivity index (χ4v) is 2.44. The van der Waals surface area contributed by atoms with Gasteiger partial charge in [0, 0.05) is 0 Å². The molecule has 0 amide bonds. The van der Waals surface area contributed by atoms with Crippen LogP contribution in [0.25, 0.3) is 0 Å². The molecule has 2 heterocycles. The van der Waals surface area contributed by atoms with Gasteiger partial charge >= 0.3 is 0 Å². The van der Waals surface area contributed by atoms with Crippen LogP contribution in [-0.2, 0) is 14.2 Å². The van der Waals surface area contributed by atoms with E-state index in [9.17, 15) is 35.0 Å². The number of aliphatic hydroxyl groups excluding tert-OH is 7. The third kappa shape index (κ3) is 3.79. The van der Waals surface area contributed by atoms with E-state index in [1.54, 1.807) is 0 Å². The van der Waals surface area contributed by atoms with Crippen molar-refractivity contribution in [2.24, 2.45) is 0 Å². The lowest BCUT2D eigenvalue weighted by Crippen LogP contribution is -2.61. The van der Waals surface area contributed by atoms with E-state index in [0.29, 0.717) is 0 Å². The number of hydrogen-bond acceptors (Lipinski definition) is 10. The fraction of sp³-hybridized carbons (Fsp3) is 1.00. The number of rotatable bonds is 4. The summed E-state index contributed by atoms with van der Waals surface area (Å²) < 4.78 is 28.1. The smallest absolute Gasteiger partial charge is 0.228 e. The van der Waals surface area contributed by atoms with E-state index in [-0.39, 0.29) is 0 Å².